The first-order valence-corrected chi connectivity index (χ1v) is 11.1. The summed E-state index contributed by atoms with van der Waals surface area (Å²) in [7, 11) is -2.32. The zero-order valence-electron chi connectivity index (χ0n) is 16.7. The second kappa shape index (κ2) is 9.43. The molecule has 0 aliphatic rings. The Morgan fingerprint density at radius 1 is 1.00 bits per heavy atom. The molecule has 156 valence electrons. The largest absolute Gasteiger partial charge is 0.457 e. The summed E-state index contributed by atoms with van der Waals surface area (Å²) in [5.41, 5.74) is 2.73. The summed E-state index contributed by atoms with van der Waals surface area (Å²) in [6.07, 6.45) is 0. The van der Waals surface area contributed by atoms with Crippen LogP contribution in [0.25, 0.3) is 0 Å². The molecule has 0 saturated carbocycles. The minimum Gasteiger partial charge on any atom is -0.457 e. The maximum absolute atomic E-state index is 13.0. The van der Waals surface area contributed by atoms with Gasteiger partial charge in [0.25, 0.3) is 0 Å². The average Bonchev–Trinajstić information content (AvgIpc) is 2.73. The minimum atomic E-state index is -3.82. The van der Waals surface area contributed by atoms with E-state index in [4.69, 9.17) is 16.3 Å². The monoisotopic (exact) mass is 443 g/mol. The van der Waals surface area contributed by atoms with Crippen LogP contribution in [0.5, 0.6) is 0 Å². The molecule has 30 heavy (non-hydrogen) atoms. The molecule has 0 aliphatic carbocycles. The Labute approximate surface area is 181 Å². The summed E-state index contributed by atoms with van der Waals surface area (Å²) in [6.45, 7) is 2.21. The van der Waals surface area contributed by atoms with Gasteiger partial charge in [0.15, 0.2) is 0 Å². The number of carbonyl (C=O) groups is 1. The highest BCUT2D eigenvalue weighted by Crippen LogP contribution is 2.24. The van der Waals surface area contributed by atoms with Gasteiger partial charge >= 0.3 is 5.97 Å². The van der Waals surface area contributed by atoms with E-state index in [1.807, 2.05) is 61.5 Å². The first kappa shape index (κ1) is 22.0. The molecule has 3 aromatic rings. The first-order chi connectivity index (χ1) is 14.3. The van der Waals surface area contributed by atoms with Crippen LogP contribution in [0.2, 0.25) is 5.02 Å². The Kier molecular flexibility index (Phi) is 6.92. The fraction of sp³-hybridized carbons (Fsp3) is 0.174. The Bertz CT molecular complexity index is 1150. The van der Waals surface area contributed by atoms with E-state index < -0.39 is 16.0 Å². The van der Waals surface area contributed by atoms with Gasteiger partial charge in [0.1, 0.15) is 6.61 Å². The normalized spacial score (nSPS) is 11.5. The van der Waals surface area contributed by atoms with E-state index in [-0.39, 0.29) is 28.6 Å². The quantitative estimate of drug-likeness (QED) is 0.491. The zero-order valence-corrected chi connectivity index (χ0v) is 18.3. The molecular formula is C23H22ClNO4S. The van der Waals surface area contributed by atoms with Crippen LogP contribution in [-0.4, -0.2) is 25.7 Å². The minimum absolute atomic E-state index is 0.0134. The number of aryl methyl sites for hydroxylation is 1. The van der Waals surface area contributed by atoms with Gasteiger partial charge in [-0.25, -0.2) is 13.2 Å². The second-order valence-electron chi connectivity index (χ2n) is 6.89. The third-order valence-corrected chi connectivity index (χ3v) is 6.86. The van der Waals surface area contributed by atoms with Crippen molar-refractivity contribution in [3.05, 3.63) is 100 Å². The van der Waals surface area contributed by atoms with Crippen molar-refractivity contribution in [2.24, 2.45) is 0 Å². The summed E-state index contributed by atoms with van der Waals surface area (Å²) >= 11 is 6.15. The molecule has 3 aromatic carbocycles. The summed E-state index contributed by atoms with van der Waals surface area (Å²) in [5, 5.41) is 0.134. The number of hydrogen-bond acceptors (Lipinski definition) is 4. The average molecular weight is 444 g/mol. The fourth-order valence-corrected chi connectivity index (χ4v) is 4.30. The molecule has 0 radical (unpaired) electrons. The Hall–Kier alpha value is -2.67. The summed E-state index contributed by atoms with van der Waals surface area (Å²) < 4.78 is 32.6. The van der Waals surface area contributed by atoms with Gasteiger partial charge in [0.05, 0.1) is 15.5 Å². The number of benzene rings is 3. The molecule has 0 bridgehead atoms. The Morgan fingerprint density at radius 3 is 2.37 bits per heavy atom. The van der Waals surface area contributed by atoms with Crippen LogP contribution in [0.4, 0.5) is 0 Å². The van der Waals surface area contributed by atoms with E-state index in [9.17, 15) is 13.2 Å². The van der Waals surface area contributed by atoms with Crippen molar-refractivity contribution in [3.63, 3.8) is 0 Å². The highest BCUT2D eigenvalue weighted by atomic mass is 35.5. The van der Waals surface area contributed by atoms with Crippen molar-refractivity contribution in [1.82, 2.24) is 4.31 Å². The molecule has 0 aliphatic heterocycles. The number of hydrogen-bond donors (Lipinski definition) is 0. The third-order valence-electron chi connectivity index (χ3n) is 4.73. The van der Waals surface area contributed by atoms with Crippen LogP contribution in [0, 0.1) is 6.92 Å². The number of ether oxygens (including phenoxy) is 1. The van der Waals surface area contributed by atoms with Crippen molar-refractivity contribution in [3.8, 4) is 0 Å². The van der Waals surface area contributed by atoms with Gasteiger partial charge in [-0.05, 0) is 41.8 Å². The SMILES string of the molecule is Cc1ccccc1COC(=O)c1cc(S(=O)(=O)N(C)Cc2ccccc2)ccc1Cl. The van der Waals surface area contributed by atoms with E-state index in [1.165, 1.54) is 29.6 Å². The van der Waals surface area contributed by atoms with Crippen molar-refractivity contribution in [1.29, 1.82) is 0 Å². The molecule has 0 fully saturated rings. The zero-order chi connectivity index (χ0) is 21.7. The molecule has 0 heterocycles. The van der Waals surface area contributed by atoms with Gasteiger partial charge in [-0.1, -0.05) is 66.2 Å². The predicted octanol–water partition coefficient (Wildman–Crippen LogP) is 4.83. The van der Waals surface area contributed by atoms with Crippen LogP contribution < -0.4 is 0 Å². The smallest absolute Gasteiger partial charge is 0.340 e. The van der Waals surface area contributed by atoms with E-state index in [0.717, 1.165) is 16.7 Å². The van der Waals surface area contributed by atoms with Crippen LogP contribution in [0.1, 0.15) is 27.0 Å². The summed E-state index contributed by atoms with van der Waals surface area (Å²) in [4.78, 5) is 12.6. The number of esters is 1. The van der Waals surface area contributed by atoms with Gasteiger partial charge in [-0.15, -0.1) is 0 Å². The topological polar surface area (TPSA) is 63.7 Å². The third kappa shape index (κ3) is 5.08. The van der Waals surface area contributed by atoms with E-state index in [2.05, 4.69) is 0 Å². The van der Waals surface area contributed by atoms with Gasteiger partial charge in [-0.3, -0.25) is 0 Å². The molecule has 0 unspecified atom stereocenters. The molecule has 5 nitrogen and oxygen atoms in total. The molecule has 0 aromatic heterocycles. The van der Waals surface area contributed by atoms with E-state index in [0.29, 0.717) is 0 Å². The lowest BCUT2D eigenvalue weighted by atomic mass is 10.1. The standard InChI is InChI=1S/C23H22ClNO4S/c1-17-8-6-7-11-19(17)16-29-23(26)21-14-20(12-13-22(21)24)30(27,28)25(2)15-18-9-4-3-5-10-18/h3-14H,15-16H2,1-2H3. The second-order valence-corrected chi connectivity index (χ2v) is 9.34. The van der Waals surface area contributed by atoms with Crippen LogP contribution in [-0.2, 0) is 27.9 Å². The maximum atomic E-state index is 13.0. The summed E-state index contributed by atoms with van der Waals surface area (Å²) in [6, 6.07) is 20.9. The fourth-order valence-electron chi connectivity index (χ4n) is 2.92. The molecule has 0 saturated heterocycles. The molecule has 0 N–H and O–H groups in total. The van der Waals surface area contributed by atoms with E-state index >= 15 is 0 Å². The Morgan fingerprint density at radius 2 is 1.67 bits per heavy atom. The van der Waals surface area contributed by atoms with Crippen LogP contribution in [0.15, 0.2) is 77.7 Å². The molecule has 3 rings (SSSR count). The molecule has 0 amide bonds. The van der Waals surface area contributed by atoms with Gasteiger partial charge < -0.3 is 4.74 Å². The molecule has 7 heteroatoms. The van der Waals surface area contributed by atoms with Crippen LogP contribution in [0.3, 0.4) is 0 Å². The lowest BCUT2D eigenvalue weighted by Crippen LogP contribution is -2.26. The van der Waals surface area contributed by atoms with Gasteiger partial charge in [0.2, 0.25) is 10.0 Å². The molecule has 0 spiro atoms. The maximum Gasteiger partial charge on any atom is 0.340 e. The Balaban J connectivity index is 1.79. The number of carbonyl (C=O) groups excluding carboxylic acids is 1. The van der Waals surface area contributed by atoms with E-state index in [1.54, 1.807) is 0 Å². The van der Waals surface area contributed by atoms with Gasteiger partial charge in [-0.2, -0.15) is 4.31 Å². The van der Waals surface area contributed by atoms with Crippen molar-refractivity contribution >= 4 is 27.6 Å². The van der Waals surface area contributed by atoms with Crippen molar-refractivity contribution < 1.29 is 17.9 Å². The number of sulfonamides is 1. The number of rotatable bonds is 7. The predicted molar refractivity (Wildman–Crippen MR) is 117 cm³/mol. The lowest BCUT2D eigenvalue weighted by Gasteiger charge is -2.18. The lowest BCUT2D eigenvalue weighted by molar-refractivity contribution is 0.0472. The number of nitrogens with zero attached hydrogens (tertiary/aromatic N) is 1. The van der Waals surface area contributed by atoms with Crippen molar-refractivity contribution in [2.45, 2.75) is 25.0 Å². The van der Waals surface area contributed by atoms with Crippen molar-refractivity contribution in [2.75, 3.05) is 7.05 Å². The highest BCUT2D eigenvalue weighted by molar-refractivity contribution is 7.89. The highest BCUT2D eigenvalue weighted by Gasteiger charge is 2.24. The summed E-state index contributed by atoms with van der Waals surface area (Å²) in [5.74, 6) is -0.675. The van der Waals surface area contributed by atoms with Crippen LogP contribution >= 0.6 is 11.6 Å². The molecule has 0 atom stereocenters. The molecular weight excluding hydrogens is 422 g/mol. The van der Waals surface area contributed by atoms with Gasteiger partial charge in [0, 0.05) is 13.6 Å². The number of halogens is 1. The first-order valence-electron chi connectivity index (χ1n) is 9.30.